The largest absolute Gasteiger partial charge is 0.465 e. The standard InChI is InChI=1S/C30H46N2O6/c1-5-7-12-25(20-24-13-10-9-11-14-24)22-31-15-16-32-29(35)38-19-18-36-27(33)23(3)26-21-30(26,4)28(34)37-17-8-6-2/h9-11,13-14,25,31H,5-8,12,15-22H2,1-4H3,(H,32,35). The molecule has 0 heterocycles. The van der Waals surface area contributed by atoms with Crippen LogP contribution in [0.25, 0.3) is 0 Å². The molecule has 2 atom stereocenters. The molecule has 0 aliphatic heterocycles. The minimum Gasteiger partial charge on any atom is -0.465 e. The first kappa shape index (κ1) is 31.3. The Morgan fingerprint density at radius 3 is 2.37 bits per heavy atom. The third kappa shape index (κ3) is 10.9. The Kier molecular flexibility index (Phi) is 13.9. The van der Waals surface area contributed by atoms with E-state index in [2.05, 4.69) is 41.8 Å². The van der Waals surface area contributed by atoms with Crippen LogP contribution in [0.3, 0.4) is 0 Å². The van der Waals surface area contributed by atoms with Gasteiger partial charge in [0.25, 0.3) is 0 Å². The number of alkyl carbamates (subject to hydrolysis) is 1. The fourth-order valence-electron chi connectivity index (χ4n) is 4.35. The van der Waals surface area contributed by atoms with E-state index in [4.69, 9.17) is 14.2 Å². The minimum absolute atomic E-state index is 0.0416. The van der Waals surface area contributed by atoms with Crippen molar-refractivity contribution in [1.29, 1.82) is 0 Å². The van der Waals surface area contributed by atoms with Crippen LogP contribution in [0.4, 0.5) is 4.79 Å². The number of ether oxygens (including phenoxy) is 3. The van der Waals surface area contributed by atoms with Crippen molar-refractivity contribution in [3.05, 3.63) is 47.0 Å². The molecule has 1 fully saturated rings. The van der Waals surface area contributed by atoms with Crippen molar-refractivity contribution < 1.29 is 28.6 Å². The van der Waals surface area contributed by atoms with Crippen molar-refractivity contribution in [3.63, 3.8) is 0 Å². The van der Waals surface area contributed by atoms with Crippen molar-refractivity contribution in [2.75, 3.05) is 39.5 Å². The van der Waals surface area contributed by atoms with Crippen LogP contribution in [0.5, 0.6) is 0 Å². The van der Waals surface area contributed by atoms with E-state index in [1.807, 2.05) is 13.0 Å². The van der Waals surface area contributed by atoms with Gasteiger partial charge >= 0.3 is 18.0 Å². The Bertz CT molecular complexity index is 917. The summed E-state index contributed by atoms with van der Waals surface area (Å²) < 4.78 is 15.6. The van der Waals surface area contributed by atoms with Gasteiger partial charge in [-0.3, -0.25) is 4.79 Å². The van der Waals surface area contributed by atoms with Crippen LogP contribution in [-0.4, -0.2) is 57.5 Å². The van der Waals surface area contributed by atoms with Crippen LogP contribution in [0, 0.1) is 11.3 Å². The Labute approximate surface area is 227 Å². The monoisotopic (exact) mass is 530 g/mol. The molecule has 2 unspecified atom stereocenters. The number of hydrogen-bond donors (Lipinski definition) is 2. The van der Waals surface area contributed by atoms with E-state index in [1.165, 1.54) is 24.8 Å². The average Bonchev–Trinajstić information content (AvgIpc) is 3.62. The molecule has 1 aliphatic rings. The molecular weight excluding hydrogens is 484 g/mol. The van der Waals surface area contributed by atoms with Crippen LogP contribution in [0.15, 0.2) is 41.5 Å². The number of carbonyl (C=O) groups is 3. The maximum Gasteiger partial charge on any atom is 0.407 e. The fourth-order valence-corrected chi connectivity index (χ4v) is 4.35. The predicted octanol–water partition coefficient (Wildman–Crippen LogP) is 4.96. The summed E-state index contributed by atoms with van der Waals surface area (Å²) >= 11 is 0. The third-order valence-corrected chi connectivity index (χ3v) is 6.90. The molecule has 212 valence electrons. The van der Waals surface area contributed by atoms with Gasteiger partial charge in [-0.1, -0.05) is 63.4 Å². The second kappa shape index (κ2) is 16.9. The molecule has 1 aliphatic carbocycles. The van der Waals surface area contributed by atoms with Crippen molar-refractivity contribution in [1.82, 2.24) is 10.6 Å². The number of esters is 2. The molecular formula is C30H46N2O6. The first-order valence-corrected chi connectivity index (χ1v) is 14.0. The summed E-state index contributed by atoms with van der Waals surface area (Å²) in [7, 11) is 0. The Morgan fingerprint density at radius 2 is 1.66 bits per heavy atom. The van der Waals surface area contributed by atoms with Crippen LogP contribution in [-0.2, 0) is 30.2 Å². The molecule has 38 heavy (non-hydrogen) atoms. The Morgan fingerprint density at radius 1 is 0.947 bits per heavy atom. The lowest BCUT2D eigenvalue weighted by Crippen LogP contribution is -2.35. The topological polar surface area (TPSA) is 103 Å². The highest BCUT2D eigenvalue weighted by atomic mass is 16.6. The Hall–Kier alpha value is -2.87. The van der Waals surface area contributed by atoms with Gasteiger partial charge in [-0.25, -0.2) is 9.59 Å². The number of unbranched alkanes of at least 4 members (excludes halogenated alkanes) is 2. The van der Waals surface area contributed by atoms with Gasteiger partial charge in [0.15, 0.2) is 0 Å². The molecule has 1 aromatic carbocycles. The fraction of sp³-hybridized carbons (Fsp3) is 0.633. The van der Waals surface area contributed by atoms with Crippen molar-refractivity contribution >= 4 is 18.0 Å². The second-order valence-corrected chi connectivity index (χ2v) is 10.2. The number of rotatable bonds is 18. The zero-order valence-corrected chi connectivity index (χ0v) is 23.6. The zero-order valence-electron chi connectivity index (χ0n) is 23.6. The summed E-state index contributed by atoms with van der Waals surface area (Å²) in [5.74, 6) is -0.251. The molecule has 2 N–H and O–H groups in total. The van der Waals surface area contributed by atoms with Gasteiger partial charge in [0.05, 0.1) is 12.0 Å². The van der Waals surface area contributed by atoms with Crippen molar-refractivity contribution in [2.45, 2.75) is 72.6 Å². The van der Waals surface area contributed by atoms with E-state index in [1.54, 1.807) is 13.8 Å². The SMILES string of the molecule is CCCCOC(=O)C1(C)CC1=C(C)C(=O)OCCOC(=O)NCCNCC(CCCC)Cc1ccccc1. The molecule has 1 saturated carbocycles. The summed E-state index contributed by atoms with van der Waals surface area (Å²) in [6.07, 6.45) is 6.32. The molecule has 8 nitrogen and oxygen atoms in total. The summed E-state index contributed by atoms with van der Waals surface area (Å²) in [5, 5.41) is 6.14. The molecule has 1 aromatic rings. The highest BCUT2D eigenvalue weighted by Gasteiger charge is 2.54. The molecule has 0 radical (unpaired) electrons. The number of benzene rings is 1. The minimum atomic E-state index is -0.737. The van der Waals surface area contributed by atoms with Gasteiger partial charge in [0.1, 0.15) is 13.2 Å². The number of nitrogens with one attached hydrogen (secondary N) is 2. The van der Waals surface area contributed by atoms with Gasteiger partial charge < -0.3 is 24.8 Å². The van der Waals surface area contributed by atoms with Crippen LogP contribution < -0.4 is 10.6 Å². The molecule has 1 amide bonds. The van der Waals surface area contributed by atoms with E-state index in [0.29, 0.717) is 37.6 Å². The van der Waals surface area contributed by atoms with Gasteiger partial charge in [0, 0.05) is 18.7 Å². The molecule has 2 rings (SSSR count). The summed E-state index contributed by atoms with van der Waals surface area (Å²) in [6, 6.07) is 10.5. The number of carbonyl (C=O) groups excluding carboxylic acids is 3. The van der Waals surface area contributed by atoms with Gasteiger partial charge in [0.2, 0.25) is 0 Å². The molecule has 8 heteroatoms. The number of amides is 1. The van der Waals surface area contributed by atoms with Crippen molar-refractivity contribution in [3.8, 4) is 0 Å². The molecule has 0 spiro atoms. The lowest BCUT2D eigenvalue weighted by Gasteiger charge is -2.18. The second-order valence-electron chi connectivity index (χ2n) is 10.2. The maximum atomic E-state index is 12.3. The third-order valence-electron chi connectivity index (χ3n) is 6.90. The maximum absolute atomic E-state index is 12.3. The average molecular weight is 531 g/mol. The normalized spacial score (nSPS) is 18.3. The van der Waals surface area contributed by atoms with Crippen LogP contribution in [0.2, 0.25) is 0 Å². The molecule has 0 aromatic heterocycles. The first-order valence-electron chi connectivity index (χ1n) is 14.0. The van der Waals surface area contributed by atoms with E-state index in [9.17, 15) is 14.4 Å². The molecule has 0 saturated heterocycles. The summed E-state index contributed by atoms with van der Waals surface area (Å²) in [4.78, 5) is 36.5. The van der Waals surface area contributed by atoms with E-state index >= 15 is 0 Å². The predicted molar refractivity (Wildman–Crippen MR) is 148 cm³/mol. The highest BCUT2D eigenvalue weighted by Crippen LogP contribution is 2.54. The molecule has 0 bridgehead atoms. The van der Waals surface area contributed by atoms with Gasteiger partial charge in [-0.05, 0) is 63.1 Å². The quantitative estimate of drug-likeness (QED) is 0.120. The lowest BCUT2D eigenvalue weighted by molar-refractivity contribution is -0.148. The van der Waals surface area contributed by atoms with Crippen LogP contribution >= 0.6 is 0 Å². The van der Waals surface area contributed by atoms with E-state index < -0.39 is 17.5 Å². The van der Waals surface area contributed by atoms with Crippen LogP contribution in [0.1, 0.15) is 71.8 Å². The smallest absolute Gasteiger partial charge is 0.407 e. The number of hydrogen-bond acceptors (Lipinski definition) is 7. The Balaban J connectivity index is 1.58. The van der Waals surface area contributed by atoms with E-state index in [0.717, 1.165) is 31.4 Å². The van der Waals surface area contributed by atoms with Gasteiger partial charge in [-0.15, -0.1) is 0 Å². The summed E-state index contributed by atoms with van der Waals surface area (Å²) in [6.45, 7) is 9.96. The highest BCUT2D eigenvalue weighted by molar-refractivity contribution is 5.95. The van der Waals surface area contributed by atoms with E-state index in [-0.39, 0.29) is 19.2 Å². The first-order chi connectivity index (χ1) is 18.3. The van der Waals surface area contributed by atoms with Crippen molar-refractivity contribution in [2.24, 2.45) is 11.3 Å². The zero-order chi connectivity index (χ0) is 27.8. The summed E-state index contributed by atoms with van der Waals surface area (Å²) in [5.41, 5.74) is 1.77. The lowest BCUT2D eigenvalue weighted by atomic mass is 9.94. The van der Waals surface area contributed by atoms with Gasteiger partial charge in [-0.2, -0.15) is 0 Å².